The molecule has 1 aliphatic rings. The molecule has 3 aromatic rings. The zero-order valence-electron chi connectivity index (χ0n) is 22.2. The molecule has 1 fully saturated rings. The van der Waals surface area contributed by atoms with Crippen LogP contribution in [0.2, 0.25) is 0 Å². The topological polar surface area (TPSA) is 58.6 Å². The summed E-state index contributed by atoms with van der Waals surface area (Å²) < 4.78 is 20.6. The minimum Gasteiger partial charge on any atom is -0.484 e. The Hall–Kier alpha value is -3.67. The van der Waals surface area contributed by atoms with Gasteiger partial charge in [-0.15, -0.1) is 0 Å². The van der Waals surface area contributed by atoms with Crippen molar-refractivity contribution in [1.29, 1.82) is 0 Å². The van der Waals surface area contributed by atoms with Crippen LogP contribution in [0.1, 0.15) is 62.1 Å². The van der Waals surface area contributed by atoms with E-state index in [-0.39, 0.29) is 31.0 Å². The summed E-state index contributed by atoms with van der Waals surface area (Å²) in [4.78, 5) is 28.8. The van der Waals surface area contributed by atoms with Crippen LogP contribution in [-0.2, 0) is 22.6 Å². The van der Waals surface area contributed by atoms with E-state index in [1.165, 1.54) is 16.5 Å². The molecule has 2 amide bonds. The molecular weight excluding hydrogens is 479 g/mol. The van der Waals surface area contributed by atoms with Crippen molar-refractivity contribution in [1.82, 2.24) is 10.2 Å². The average Bonchev–Trinajstić information content (AvgIpc) is 3.44. The third-order valence-corrected chi connectivity index (χ3v) is 7.18. The number of rotatable bonds is 11. The van der Waals surface area contributed by atoms with E-state index >= 15 is 0 Å². The van der Waals surface area contributed by atoms with Crippen molar-refractivity contribution in [2.24, 2.45) is 0 Å². The SMILES string of the molecule is CC(C)c1ccc(OCC(=O)N(Cc2ccccc2F)C(Cc2ccccc2)C(=O)NC2CCCC2)cc1. The van der Waals surface area contributed by atoms with E-state index in [9.17, 15) is 14.0 Å². The van der Waals surface area contributed by atoms with Crippen molar-refractivity contribution >= 4 is 11.8 Å². The molecule has 0 radical (unpaired) electrons. The van der Waals surface area contributed by atoms with Crippen molar-refractivity contribution in [3.05, 3.63) is 101 Å². The second kappa shape index (κ2) is 13.2. The molecule has 1 saturated carbocycles. The average molecular weight is 517 g/mol. The molecule has 0 spiro atoms. The molecule has 0 heterocycles. The highest BCUT2D eigenvalue weighted by atomic mass is 19.1. The number of hydrogen-bond acceptors (Lipinski definition) is 3. The van der Waals surface area contributed by atoms with Gasteiger partial charge in [-0.2, -0.15) is 0 Å². The molecule has 3 aromatic carbocycles. The Balaban J connectivity index is 1.59. The van der Waals surface area contributed by atoms with Crippen LogP contribution in [0.5, 0.6) is 5.75 Å². The van der Waals surface area contributed by atoms with Crippen LogP contribution in [0.25, 0.3) is 0 Å². The van der Waals surface area contributed by atoms with Crippen molar-refractivity contribution in [3.63, 3.8) is 0 Å². The lowest BCUT2D eigenvalue weighted by atomic mass is 10.0. The lowest BCUT2D eigenvalue weighted by Crippen LogP contribution is -2.53. The van der Waals surface area contributed by atoms with Gasteiger partial charge in [-0.1, -0.05) is 87.4 Å². The monoisotopic (exact) mass is 516 g/mol. The fourth-order valence-corrected chi connectivity index (χ4v) is 4.91. The van der Waals surface area contributed by atoms with E-state index in [1.54, 1.807) is 18.2 Å². The zero-order valence-corrected chi connectivity index (χ0v) is 22.2. The molecule has 38 heavy (non-hydrogen) atoms. The molecule has 1 unspecified atom stereocenters. The van der Waals surface area contributed by atoms with Crippen molar-refractivity contribution < 1.29 is 18.7 Å². The van der Waals surface area contributed by atoms with Gasteiger partial charge in [0.25, 0.3) is 5.91 Å². The minimum absolute atomic E-state index is 0.0310. The van der Waals surface area contributed by atoms with Crippen LogP contribution in [0.4, 0.5) is 4.39 Å². The number of halogens is 1. The van der Waals surface area contributed by atoms with Gasteiger partial charge in [0.1, 0.15) is 17.6 Å². The third kappa shape index (κ3) is 7.44. The summed E-state index contributed by atoms with van der Waals surface area (Å²) in [6, 6.07) is 22.9. The minimum atomic E-state index is -0.808. The van der Waals surface area contributed by atoms with Crippen LogP contribution >= 0.6 is 0 Å². The molecule has 6 heteroatoms. The summed E-state index contributed by atoms with van der Waals surface area (Å²) in [6.45, 7) is 3.95. The molecule has 200 valence electrons. The van der Waals surface area contributed by atoms with E-state index in [1.807, 2.05) is 54.6 Å². The molecular formula is C32H37FN2O3. The summed E-state index contributed by atoms with van der Waals surface area (Å²) in [5.74, 6) is -0.0387. The van der Waals surface area contributed by atoms with Gasteiger partial charge in [-0.25, -0.2) is 4.39 Å². The summed E-state index contributed by atoms with van der Waals surface area (Å²) in [5, 5.41) is 3.16. The Kier molecular flexibility index (Phi) is 9.52. The number of hydrogen-bond donors (Lipinski definition) is 1. The van der Waals surface area contributed by atoms with Gasteiger partial charge in [0.2, 0.25) is 5.91 Å². The Labute approximate surface area is 225 Å². The predicted molar refractivity (Wildman–Crippen MR) is 147 cm³/mol. The lowest BCUT2D eigenvalue weighted by molar-refractivity contribution is -0.143. The lowest BCUT2D eigenvalue weighted by Gasteiger charge is -2.32. The van der Waals surface area contributed by atoms with Crippen LogP contribution in [-0.4, -0.2) is 35.4 Å². The van der Waals surface area contributed by atoms with Gasteiger partial charge in [0.05, 0.1) is 0 Å². The first-order valence-corrected chi connectivity index (χ1v) is 13.5. The summed E-state index contributed by atoms with van der Waals surface area (Å²) in [7, 11) is 0. The largest absolute Gasteiger partial charge is 0.484 e. The van der Waals surface area contributed by atoms with Crippen LogP contribution in [0, 0.1) is 5.82 Å². The standard InChI is InChI=1S/C32H37FN2O3/c1-23(2)25-16-18-28(19-17-25)38-22-31(36)35(21-26-12-6-9-15-29(26)33)30(20-24-10-4-3-5-11-24)32(37)34-27-13-7-8-14-27/h3-6,9-12,15-19,23,27,30H,7-8,13-14,20-22H2,1-2H3,(H,34,37). The fourth-order valence-electron chi connectivity index (χ4n) is 4.91. The van der Waals surface area contributed by atoms with Gasteiger partial charge in [0.15, 0.2) is 6.61 Å². The maximum Gasteiger partial charge on any atom is 0.261 e. The second-order valence-electron chi connectivity index (χ2n) is 10.3. The summed E-state index contributed by atoms with van der Waals surface area (Å²) in [5.41, 5.74) is 2.46. The maximum absolute atomic E-state index is 14.7. The van der Waals surface area contributed by atoms with Gasteiger partial charge >= 0.3 is 0 Å². The highest BCUT2D eigenvalue weighted by Crippen LogP contribution is 2.22. The summed E-state index contributed by atoms with van der Waals surface area (Å²) in [6.07, 6.45) is 4.34. The van der Waals surface area contributed by atoms with Crippen LogP contribution in [0.15, 0.2) is 78.9 Å². The normalized spacial score (nSPS) is 14.3. The molecule has 0 bridgehead atoms. The number of nitrogens with zero attached hydrogens (tertiary/aromatic N) is 1. The molecule has 0 aliphatic heterocycles. The molecule has 0 saturated heterocycles. The number of ether oxygens (including phenoxy) is 1. The Bertz CT molecular complexity index is 1190. The van der Waals surface area contributed by atoms with Gasteiger partial charge in [-0.05, 0) is 48.1 Å². The summed E-state index contributed by atoms with van der Waals surface area (Å²) >= 11 is 0. The molecule has 4 rings (SSSR count). The quantitative estimate of drug-likeness (QED) is 0.339. The Morgan fingerprint density at radius 2 is 1.61 bits per heavy atom. The van der Waals surface area contributed by atoms with E-state index in [0.29, 0.717) is 23.7 Å². The smallest absolute Gasteiger partial charge is 0.261 e. The number of amides is 2. The van der Waals surface area contributed by atoms with Crippen molar-refractivity contribution in [3.8, 4) is 5.75 Å². The Morgan fingerprint density at radius 1 is 0.947 bits per heavy atom. The molecule has 1 atom stereocenters. The third-order valence-electron chi connectivity index (χ3n) is 7.18. The predicted octanol–water partition coefficient (Wildman–Crippen LogP) is 6.03. The number of nitrogens with one attached hydrogen (secondary N) is 1. The number of carbonyl (C=O) groups is 2. The van der Waals surface area contributed by atoms with E-state index in [0.717, 1.165) is 31.2 Å². The first-order valence-electron chi connectivity index (χ1n) is 13.5. The molecule has 1 N–H and O–H groups in total. The first-order chi connectivity index (χ1) is 18.4. The van der Waals surface area contributed by atoms with Crippen LogP contribution in [0.3, 0.4) is 0 Å². The van der Waals surface area contributed by atoms with Crippen molar-refractivity contribution in [2.75, 3.05) is 6.61 Å². The van der Waals surface area contributed by atoms with Gasteiger partial charge < -0.3 is 15.0 Å². The molecule has 1 aliphatic carbocycles. The second-order valence-corrected chi connectivity index (χ2v) is 10.3. The van der Waals surface area contributed by atoms with E-state index in [4.69, 9.17) is 4.74 Å². The maximum atomic E-state index is 14.7. The highest BCUT2D eigenvalue weighted by Gasteiger charge is 2.32. The first kappa shape index (κ1) is 27.4. The van der Waals surface area contributed by atoms with E-state index in [2.05, 4.69) is 19.2 Å². The molecule has 5 nitrogen and oxygen atoms in total. The van der Waals surface area contributed by atoms with Crippen molar-refractivity contribution in [2.45, 2.75) is 70.5 Å². The fraction of sp³-hybridized carbons (Fsp3) is 0.375. The number of benzene rings is 3. The Morgan fingerprint density at radius 3 is 2.26 bits per heavy atom. The van der Waals surface area contributed by atoms with E-state index < -0.39 is 11.9 Å². The number of carbonyl (C=O) groups excluding carboxylic acids is 2. The highest BCUT2D eigenvalue weighted by molar-refractivity contribution is 5.88. The van der Waals surface area contributed by atoms with Crippen LogP contribution < -0.4 is 10.1 Å². The zero-order chi connectivity index (χ0) is 26.9. The van der Waals surface area contributed by atoms with Gasteiger partial charge in [0, 0.05) is 24.6 Å². The van der Waals surface area contributed by atoms with Gasteiger partial charge in [-0.3, -0.25) is 9.59 Å². The molecule has 0 aromatic heterocycles.